The molecule has 1 heterocycles. The van der Waals surface area contributed by atoms with Crippen LogP contribution in [-0.2, 0) is 16.0 Å². The van der Waals surface area contributed by atoms with Crippen molar-refractivity contribution >= 4 is 17.2 Å². The lowest BCUT2D eigenvalue weighted by atomic mass is 9.80. The molecule has 0 aromatic carbocycles. The lowest BCUT2D eigenvalue weighted by Gasteiger charge is -2.40. The van der Waals surface area contributed by atoms with Gasteiger partial charge < -0.3 is 10.1 Å². The van der Waals surface area contributed by atoms with E-state index in [0.717, 1.165) is 23.5 Å². The number of rotatable bonds is 6. The van der Waals surface area contributed by atoms with Gasteiger partial charge in [-0.25, -0.2) is 4.98 Å². The van der Waals surface area contributed by atoms with Gasteiger partial charge in [0.05, 0.1) is 22.7 Å². The van der Waals surface area contributed by atoms with E-state index in [2.05, 4.69) is 24.1 Å². The van der Waals surface area contributed by atoms with E-state index in [1.807, 2.05) is 5.38 Å². The predicted octanol–water partition coefficient (Wildman–Crippen LogP) is 2.49. The zero-order valence-electron chi connectivity index (χ0n) is 11.9. The summed E-state index contributed by atoms with van der Waals surface area (Å²) in [5.41, 5.74) is 0.757. The average Bonchev–Trinajstić information content (AvgIpc) is 2.77. The van der Waals surface area contributed by atoms with Crippen LogP contribution in [0.25, 0.3) is 0 Å². The standard InChI is InChI=1S/C14H22N2O2S/c1-10(2)13-16-11(8-19-13)7-12(17)15-9-14(18-3)5-4-6-14/h8,10H,4-7,9H2,1-3H3,(H,15,17). The highest BCUT2D eigenvalue weighted by atomic mass is 32.1. The quantitative estimate of drug-likeness (QED) is 0.872. The van der Waals surface area contributed by atoms with Crippen molar-refractivity contribution in [2.45, 2.75) is 51.0 Å². The maximum atomic E-state index is 11.9. The third-order valence-corrected chi connectivity index (χ3v) is 4.90. The Morgan fingerprint density at radius 2 is 2.32 bits per heavy atom. The highest BCUT2D eigenvalue weighted by Gasteiger charge is 2.37. The second-order valence-electron chi connectivity index (χ2n) is 5.53. The first-order valence-corrected chi connectivity index (χ1v) is 7.69. The van der Waals surface area contributed by atoms with Crippen LogP contribution in [0.3, 0.4) is 0 Å². The Balaban J connectivity index is 1.80. The first-order chi connectivity index (χ1) is 9.04. The maximum absolute atomic E-state index is 11.9. The van der Waals surface area contributed by atoms with Gasteiger partial charge in [0, 0.05) is 25.0 Å². The van der Waals surface area contributed by atoms with Crippen molar-refractivity contribution in [3.8, 4) is 0 Å². The molecule has 1 aliphatic carbocycles. The summed E-state index contributed by atoms with van der Waals surface area (Å²) >= 11 is 1.63. The van der Waals surface area contributed by atoms with Gasteiger partial charge in [0.25, 0.3) is 0 Å². The lowest BCUT2D eigenvalue weighted by molar-refractivity contribution is -0.124. The van der Waals surface area contributed by atoms with Gasteiger partial charge in [0.15, 0.2) is 0 Å². The Kier molecular flexibility index (Phi) is 4.58. The summed E-state index contributed by atoms with van der Waals surface area (Å²) in [7, 11) is 1.72. The molecule has 106 valence electrons. The van der Waals surface area contributed by atoms with Crippen molar-refractivity contribution in [3.63, 3.8) is 0 Å². The zero-order chi connectivity index (χ0) is 13.9. The normalized spacial score (nSPS) is 17.3. The molecular formula is C14H22N2O2S. The van der Waals surface area contributed by atoms with Crippen LogP contribution in [0.4, 0.5) is 0 Å². The van der Waals surface area contributed by atoms with Gasteiger partial charge in [-0.05, 0) is 19.3 Å². The molecule has 0 bridgehead atoms. The minimum atomic E-state index is -0.110. The van der Waals surface area contributed by atoms with Crippen molar-refractivity contribution in [3.05, 3.63) is 16.1 Å². The highest BCUT2D eigenvalue weighted by molar-refractivity contribution is 7.09. The Morgan fingerprint density at radius 3 is 2.79 bits per heavy atom. The number of nitrogens with one attached hydrogen (secondary N) is 1. The predicted molar refractivity (Wildman–Crippen MR) is 76.5 cm³/mol. The van der Waals surface area contributed by atoms with Crippen LogP contribution in [0.5, 0.6) is 0 Å². The first kappa shape index (κ1) is 14.5. The highest BCUT2D eigenvalue weighted by Crippen LogP contribution is 2.34. The molecule has 19 heavy (non-hydrogen) atoms. The molecule has 0 atom stereocenters. The molecule has 1 amide bonds. The maximum Gasteiger partial charge on any atom is 0.226 e. The van der Waals surface area contributed by atoms with Crippen LogP contribution in [0.15, 0.2) is 5.38 Å². The molecule has 0 saturated heterocycles. The summed E-state index contributed by atoms with van der Waals surface area (Å²) in [6.07, 6.45) is 3.63. The van der Waals surface area contributed by atoms with Crippen LogP contribution in [0.2, 0.25) is 0 Å². The Bertz CT molecular complexity index is 433. The van der Waals surface area contributed by atoms with Crippen LogP contribution >= 0.6 is 11.3 Å². The molecule has 2 rings (SSSR count). The first-order valence-electron chi connectivity index (χ1n) is 6.81. The van der Waals surface area contributed by atoms with E-state index in [4.69, 9.17) is 4.74 Å². The molecule has 0 aliphatic heterocycles. The number of amides is 1. The molecule has 4 nitrogen and oxygen atoms in total. The van der Waals surface area contributed by atoms with Crippen LogP contribution in [-0.4, -0.2) is 30.1 Å². The van der Waals surface area contributed by atoms with E-state index < -0.39 is 0 Å². The monoisotopic (exact) mass is 282 g/mol. The van der Waals surface area contributed by atoms with Gasteiger partial charge in [-0.15, -0.1) is 11.3 Å². The minimum Gasteiger partial charge on any atom is -0.376 e. The number of carbonyl (C=O) groups is 1. The summed E-state index contributed by atoms with van der Waals surface area (Å²) in [5.74, 6) is 0.456. The fraction of sp³-hybridized carbons (Fsp3) is 0.714. The van der Waals surface area contributed by atoms with Crippen molar-refractivity contribution in [2.75, 3.05) is 13.7 Å². The van der Waals surface area contributed by atoms with Gasteiger partial charge in [0.1, 0.15) is 0 Å². The van der Waals surface area contributed by atoms with Gasteiger partial charge in [-0.3, -0.25) is 4.79 Å². The fourth-order valence-electron chi connectivity index (χ4n) is 2.18. The minimum absolute atomic E-state index is 0.0314. The molecule has 1 aliphatic rings. The van der Waals surface area contributed by atoms with Crippen molar-refractivity contribution < 1.29 is 9.53 Å². The molecule has 0 unspecified atom stereocenters. The fourth-order valence-corrected chi connectivity index (χ4v) is 3.01. The van der Waals surface area contributed by atoms with Crippen LogP contribution in [0, 0.1) is 0 Å². The lowest BCUT2D eigenvalue weighted by Crippen LogP contribution is -2.49. The number of hydrogen-bond donors (Lipinski definition) is 1. The number of hydrogen-bond acceptors (Lipinski definition) is 4. The SMILES string of the molecule is COC1(CNC(=O)Cc2csc(C(C)C)n2)CCC1. The van der Waals surface area contributed by atoms with Gasteiger partial charge >= 0.3 is 0 Å². The molecule has 1 fully saturated rings. The summed E-state index contributed by atoms with van der Waals surface area (Å²) < 4.78 is 5.48. The molecule has 1 N–H and O–H groups in total. The molecule has 1 saturated carbocycles. The second-order valence-corrected chi connectivity index (χ2v) is 6.42. The van der Waals surface area contributed by atoms with Crippen molar-refractivity contribution in [1.29, 1.82) is 0 Å². The Hall–Kier alpha value is -0.940. The van der Waals surface area contributed by atoms with Gasteiger partial charge in [-0.1, -0.05) is 13.8 Å². The number of carbonyl (C=O) groups excluding carboxylic acids is 1. The molecule has 5 heteroatoms. The summed E-state index contributed by atoms with van der Waals surface area (Å²) in [6, 6.07) is 0. The molecule has 1 aromatic rings. The Morgan fingerprint density at radius 1 is 1.58 bits per heavy atom. The largest absolute Gasteiger partial charge is 0.376 e. The van der Waals surface area contributed by atoms with Crippen LogP contribution < -0.4 is 5.32 Å². The number of methoxy groups -OCH3 is 1. The van der Waals surface area contributed by atoms with E-state index in [1.54, 1.807) is 18.4 Å². The van der Waals surface area contributed by atoms with E-state index in [9.17, 15) is 4.79 Å². The van der Waals surface area contributed by atoms with E-state index in [-0.39, 0.29) is 11.5 Å². The third kappa shape index (κ3) is 3.54. The van der Waals surface area contributed by atoms with Crippen molar-refractivity contribution in [1.82, 2.24) is 10.3 Å². The number of nitrogens with zero attached hydrogens (tertiary/aromatic N) is 1. The van der Waals surface area contributed by atoms with E-state index >= 15 is 0 Å². The number of thiazole rings is 1. The van der Waals surface area contributed by atoms with Gasteiger partial charge in [-0.2, -0.15) is 0 Å². The number of ether oxygens (including phenoxy) is 1. The van der Waals surface area contributed by atoms with E-state index in [1.165, 1.54) is 6.42 Å². The van der Waals surface area contributed by atoms with Crippen LogP contribution in [0.1, 0.15) is 49.7 Å². The third-order valence-electron chi connectivity index (χ3n) is 3.71. The second kappa shape index (κ2) is 6.01. The Labute approximate surface area is 118 Å². The van der Waals surface area contributed by atoms with Gasteiger partial charge in [0.2, 0.25) is 5.91 Å². The van der Waals surface area contributed by atoms with E-state index in [0.29, 0.717) is 18.9 Å². The number of aromatic nitrogens is 1. The molecule has 0 spiro atoms. The topological polar surface area (TPSA) is 51.2 Å². The molecule has 0 radical (unpaired) electrons. The summed E-state index contributed by atoms with van der Waals surface area (Å²) in [5, 5.41) is 6.03. The summed E-state index contributed by atoms with van der Waals surface area (Å²) in [4.78, 5) is 16.4. The summed E-state index contributed by atoms with van der Waals surface area (Å²) in [6.45, 7) is 4.84. The smallest absolute Gasteiger partial charge is 0.226 e. The zero-order valence-corrected chi connectivity index (χ0v) is 12.7. The van der Waals surface area contributed by atoms with Crippen molar-refractivity contribution in [2.24, 2.45) is 0 Å². The average molecular weight is 282 g/mol. The molecular weight excluding hydrogens is 260 g/mol. The molecule has 1 aromatic heterocycles.